The summed E-state index contributed by atoms with van der Waals surface area (Å²) in [6, 6.07) is 6.52. The second kappa shape index (κ2) is 6.38. The molecule has 4 atom stereocenters. The Labute approximate surface area is 141 Å². The van der Waals surface area contributed by atoms with E-state index in [4.69, 9.17) is 27.9 Å². The van der Waals surface area contributed by atoms with Crippen LogP contribution in [-0.4, -0.2) is 36.6 Å². The maximum atomic E-state index is 12.6. The number of halogens is 2. The molecule has 0 saturated carbocycles. The van der Waals surface area contributed by atoms with Gasteiger partial charge in [0.15, 0.2) is 0 Å². The summed E-state index contributed by atoms with van der Waals surface area (Å²) in [5, 5.41) is 1.10. The molecule has 0 radical (unpaired) electrons. The van der Waals surface area contributed by atoms with E-state index < -0.39 is 0 Å². The van der Waals surface area contributed by atoms with Crippen molar-refractivity contribution in [1.82, 2.24) is 4.90 Å². The second-order valence-corrected chi connectivity index (χ2v) is 7.07. The summed E-state index contributed by atoms with van der Waals surface area (Å²) in [4.78, 5) is 14.9. The standard InChI is InChI=1S/C17H21Cl2NO2/c1-3-22-17(21)16-12(9-11-5-7-15(16)20(11)2)10-4-6-13(18)14(19)8-10/h4,6,8,11-12,15-16H,3,5,7,9H2,1-2H3/t11-,12?,15+,16?/m0/s1. The van der Waals surface area contributed by atoms with Crippen LogP contribution < -0.4 is 0 Å². The average Bonchev–Trinajstić information content (AvgIpc) is 2.73. The minimum atomic E-state index is -0.124. The molecular weight excluding hydrogens is 321 g/mol. The molecule has 2 fully saturated rings. The Hall–Kier alpha value is -0.770. The van der Waals surface area contributed by atoms with E-state index in [1.807, 2.05) is 25.1 Å². The number of piperidine rings is 1. The van der Waals surface area contributed by atoms with Crippen LogP contribution in [0.25, 0.3) is 0 Å². The van der Waals surface area contributed by atoms with Gasteiger partial charge >= 0.3 is 5.97 Å². The van der Waals surface area contributed by atoms with E-state index in [0.717, 1.165) is 24.8 Å². The molecule has 0 aliphatic carbocycles. The van der Waals surface area contributed by atoms with Crippen molar-refractivity contribution in [2.45, 2.75) is 44.2 Å². The van der Waals surface area contributed by atoms with Crippen LogP contribution >= 0.6 is 23.2 Å². The molecule has 5 heteroatoms. The number of carbonyl (C=O) groups is 1. The van der Waals surface area contributed by atoms with Crippen LogP contribution in [0.1, 0.15) is 37.7 Å². The number of hydrogen-bond acceptors (Lipinski definition) is 3. The van der Waals surface area contributed by atoms with Crippen LogP contribution in [0.15, 0.2) is 18.2 Å². The largest absolute Gasteiger partial charge is 0.466 e. The summed E-state index contributed by atoms with van der Waals surface area (Å²) in [6.45, 7) is 2.28. The first-order valence-electron chi connectivity index (χ1n) is 7.86. The Morgan fingerprint density at radius 2 is 2.09 bits per heavy atom. The van der Waals surface area contributed by atoms with Crippen LogP contribution in [0.3, 0.4) is 0 Å². The molecule has 2 aliphatic rings. The van der Waals surface area contributed by atoms with Crippen LogP contribution in [0.4, 0.5) is 0 Å². The van der Waals surface area contributed by atoms with Crippen molar-refractivity contribution in [2.24, 2.45) is 5.92 Å². The first-order chi connectivity index (χ1) is 10.5. The Morgan fingerprint density at radius 3 is 2.77 bits per heavy atom. The maximum absolute atomic E-state index is 12.6. The van der Waals surface area contributed by atoms with E-state index in [1.165, 1.54) is 0 Å². The molecule has 22 heavy (non-hydrogen) atoms. The van der Waals surface area contributed by atoms with Crippen LogP contribution in [0, 0.1) is 5.92 Å². The summed E-state index contributed by atoms with van der Waals surface area (Å²) < 4.78 is 5.36. The van der Waals surface area contributed by atoms with Gasteiger partial charge in [0.1, 0.15) is 0 Å². The zero-order valence-electron chi connectivity index (χ0n) is 12.9. The number of hydrogen-bond donors (Lipinski definition) is 0. The summed E-state index contributed by atoms with van der Waals surface area (Å²) in [5.41, 5.74) is 1.09. The quantitative estimate of drug-likeness (QED) is 0.774. The predicted molar refractivity (Wildman–Crippen MR) is 88.5 cm³/mol. The second-order valence-electron chi connectivity index (χ2n) is 6.26. The average molecular weight is 342 g/mol. The number of benzene rings is 1. The summed E-state index contributed by atoms with van der Waals surface area (Å²) in [6.07, 6.45) is 3.17. The van der Waals surface area contributed by atoms with E-state index in [2.05, 4.69) is 11.9 Å². The fraction of sp³-hybridized carbons (Fsp3) is 0.588. The van der Waals surface area contributed by atoms with E-state index in [1.54, 1.807) is 0 Å². The SMILES string of the molecule is CCOC(=O)C1C(c2ccc(Cl)c(Cl)c2)C[C@@H]2CC[C@H]1N2C. The zero-order valence-corrected chi connectivity index (χ0v) is 14.4. The number of nitrogens with zero attached hydrogens (tertiary/aromatic N) is 1. The molecule has 0 N–H and O–H groups in total. The highest BCUT2D eigenvalue weighted by Crippen LogP contribution is 2.47. The number of ether oxygens (including phenoxy) is 1. The number of esters is 1. The number of fused-ring (bicyclic) bond motifs is 2. The van der Waals surface area contributed by atoms with Gasteiger partial charge in [-0.3, -0.25) is 9.69 Å². The Bertz CT molecular complexity index is 578. The number of carbonyl (C=O) groups excluding carboxylic acids is 1. The highest BCUT2D eigenvalue weighted by molar-refractivity contribution is 6.42. The molecule has 0 aromatic heterocycles. The highest BCUT2D eigenvalue weighted by Gasteiger charge is 2.49. The Balaban J connectivity index is 1.96. The first-order valence-corrected chi connectivity index (χ1v) is 8.62. The lowest BCUT2D eigenvalue weighted by Crippen LogP contribution is -2.49. The summed E-state index contributed by atoms with van der Waals surface area (Å²) in [5.74, 6) is -0.0563. The number of rotatable bonds is 3. The molecule has 2 aliphatic heterocycles. The molecule has 3 nitrogen and oxygen atoms in total. The van der Waals surface area contributed by atoms with Crippen LogP contribution in [-0.2, 0) is 9.53 Å². The maximum Gasteiger partial charge on any atom is 0.311 e. The lowest BCUT2D eigenvalue weighted by Gasteiger charge is -2.42. The molecule has 0 amide bonds. The summed E-state index contributed by atoms with van der Waals surface area (Å²) >= 11 is 12.2. The molecule has 1 aromatic rings. The Morgan fingerprint density at radius 1 is 1.32 bits per heavy atom. The monoisotopic (exact) mass is 341 g/mol. The van der Waals surface area contributed by atoms with Gasteiger partial charge in [-0.05, 0) is 50.9 Å². The molecular formula is C17H21Cl2NO2. The smallest absolute Gasteiger partial charge is 0.311 e. The van der Waals surface area contributed by atoms with Gasteiger partial charge in [0.05, 0.1) is 22.6 Å². The van der Waals surface area contributed by atoms with Gasteiger partial charge in [-0.25, -0.2) is 0 Å². The molecule has 2 unspecified atom stereocenters. The molecule has 0 spiro atoms. The molecule has 3 rings (SSSR count). The van der Waals surface area contributed by atoms with E-state index in [-0.39, 0.29) is 23.8 Å². The van der Waals surface area contributed by atoms with Crippen molar-refractivity contribution >= 4 is 29.2 Å². The first kappa shape index (κ1) is 16.1. The summed E-state index contributed by atoms with van der Waals surface area (Å²) in [7, 11) is 2.12. The normalized spacial score (nSPS) is 31.3. The molecule has 2 heterocycles. The lowest BCUT2D eigenvalue weighted by atomic mass is 9.76. The van der Waals surface area contributed by atoms with E-state index in [0.29, 0.717) is 22.7 Å². The Kier molecular flexibility index (Phi) is 4.67. The van der Waals surface area contributed by atoms with Crippen molar-refractivity contribution in [3.05, 3.63) is 33.8 Å². The van der Waals surface area contributed by atoms with Gasteiger partial charge in [0, 0.05) is 18.0 Å². The zero-order chi connectivity index (χ0) is 15.9. The van der Waals surface area contributed by atoms with Gasteiger partial charge < -0.3 is 4.74 Å². The van der Waals surface area contributed by atoms with Crippen LogP contribution in [0.5, 0.6) is 0 Å². The van der Waals surface area contributed by atoms with Crippen molar-refractivity contribution in [2.75, 3.05) is 13.7 Å². The molecule has 1 aromatic carbocycles. The van der Waals surface area contributed by atoms with Gasteiger partial charge in [0.2, 0.25) is 0 Å². The molecule has 2 saturated heterocycles. The van der Waals surface area contributed by atoms with Gasteiger partial charge in [0.25, 0.3) is 0 Å². The van der Waals surface area contributed by atoms with Crippen molar-refractivity contribution < 1.29 is 9.53 Å². The predicted octanol–water partition coefficient (Wildman–Crippen LogP) is 4.12. The lowest BCUT2D eigenvalue weighted by molar-refractivity contribution is -0.152. The highest BCUT2D eigenvalue weighted by atomic mass is 35.5. The third-order valence-corrected chi connectivity index (χ3v) is 5.94. The van der Waals surface area contributed by atoms with Gasteiger partial charge in [-0.1, -0.05) is 29.3 Å². The van der Waals surface area contributed by atoms with Crippen LogP contribution in [0.2, 0.25) is 10.0 Å². The topological polar surface area (TPSA) is 29.5 Å². The third kappa shape index (κ3) is 2.75. The third-order valence-electron chi connectivity index (χ3n) is 5.20. The van der Waals surface area contributed by atoms with Crippen molar-refractivity contribution in [3.63, 3.8) is 0 Å². The van der Waals surface area contributed by atoms with E-state index >= 15 is 0 Å². The van der Waals surface area contributed by atoms with Gasteiger partial charge in [-0.2, -0.15) is 0 Å². The van der Waals surface area contributed by atoms with E-state index in [9.17, 15) is 4.79 Å². The fourth-order valence-corrected chi connectivity index (χ4v) is 4.42. The van der Waals surface area contributed by atoms with Gasteiger partial charge in [-0.15, -0.1) is 0 Å². The minimum Gasteiger partial charge on any atom is -0.466 e. The molecule has 2 bridgehead atoms. The molecule has 120 valence electrons. The minimum absolute atomic E-state index is 0.0872. The van der Waals surface area contributed by atoms with Crippen molar-refractivity contribution in [3.8, 4) is 0 Å². The van der Waals surface area contributed by atoms with Crippen molar-refractivity contribution in [1.29, 1.82) is 0 Å². The fourth-order valence-electron chi connectivity index (χ4n) is 4.11.